The minimum Gasteiger partial charge on any atom is -0.444 e. The van der Waals surface area contributed by atoms with E-state index in [9.17, 15) is 0 Å². The number of rotatable bonds is 5. The van der Waals surface area contributed by atoms with Gasteiger partial charge in [0, 0.05) is 5.57 Å². The van der Waals surface area contributed by atoms with Crippen molar-refractivity contribution >= 4 is 5.57 Å². The van der Waals surface area contributed by atoms with Crippen LogP contribution >= 0.6 is 0 Å². The molecule has 96 valence electrons. The second-order valence-corrected chi connectivity index (χ2v) is 4.70. The van der Waals surface area contributed by atoms with Crippen molar-refractivity contribution < 1.29 is 4.42 Å². The number of hydrogen-bond donors (Lipinski definition) is 0. The first-order valence-electron chi connectivity index (χ1n) is 6.84. The SMILES string of the molecule is CCCC1=CC=C(c2nc(CCC)co2)C=CC1. The van der Waals surface area contributed by atoms with Gasteiger partial charge in [-0.15, -0.1) is 0 Å². The smallest absolute Gasteiger partial charge is 0.226 e. The molecule has 18 heavy (non-hydrogen) atoms. The van der Waals surface area contributed by atoms with Crippen molar-refractivity contribution in [3.05, 3.63) is 47.7 Å². The van der Waals surface area contributed by atoms with Gasteiger partial charge in [-0.2, -0.15) is 0 Å². The number of allylic oxidation sites excluding steroid dienone is 6. The van der Waals surface area contributed by atoms with E-state index in [1.165, 1.54) is 18.4 Å². The molecule has 2 nitrogen and oxygen atoms in total. The molecule has 0 saturated heterocycles. The average molecular weight is 243 g/mol. The molecule has 0 aliphatic heterocycles. The first-order chi connectivity index (χ1) is 8.83. The highest BCUT2D eigenvalue weighted by Crippen LogP contribution is 2.22. The standard InChI is InChI=1S/C16H21NO/c1-3-6-13-8-5-9-14(11-10-13)16-17-15(7-4-2)12-18-16/h5,9-12H,3-4,6-8H2,1-2H3. The van der Waals surface area contributed by atoms with Crippen molar-refractivity contribution in [1.82, 2.24) is 4.98 Å². The molecular formula is C16H21NO. The molecule has 0 aromatic carbocycles. The summed E-state index contributed by atoms with van der Waals surface area (Å²) in [7, 11) is 0. The molecule has 2 heteroatoms. The molecule has 0 bridgehead atoms. The van der Waals surface area contributed by atoms with Gasteiger partial charge in [0.2, 0.25) is 5.89 Å². The second kappa shape index (κ2) is 6.39. The number of oxazole rings is 1. The largest absolute Gasteiger partial charge is 0.444 e. The molecule has 0 fully saturated rings. The summed E-state index contributed by atoms with van der Waals surface area (Å²) in [6, 6.07) is 0. The van der Waals surface area contributed by atoms with Crippen molar-refractivity contribution in [1.29, 1.82) is 0 Å². The molecule has 0 spiro atoms. The zero-order valence-electron chi connectivity index (χ0n) is 11.3. The third-order valence-corrected chi connectivity index (χ3v) is 3.05. The maximum Gasteiger partial charge on any atom is 0.226 e. The van der Waals surface area contributed by atoms with Gasteiger partial charge in [-0.25, -0.2) is 4.98 Å². The summed E-state index contributed by atoms with van der Waals surface area (Å²) in [4.78, 5) is 4.52. The quantitative estimate of drug-likeness (QED) is 0.749. The van der Waals surface area contributed by atoms with Crippen LogP contribution in [0.15, 0.2) is 40.6 Å². The zero-order valence-corrected chi connectivity index (χ0v) is 11.3. The van der Waals surface area contributed by atoms with Gasteiger partial charge in [0.1, 0.15) is 6.26 Å². The van der Waals surface area contributed by atoms with E-state index >= 15 is 0 Å². The van der Waals surface area contributed by atoms with Gasteiger partial charge in [-0.1, -0.05) is 50.5 Å². The fourth-order valence-corrected chi connectivity index (χ4v) is 2.13. The summed E-state index contributed by atoms with van der Waals surface area (Å²) in [5.74, 6) is 0.740. The van der Waals surface area contributed by atoms with Gasteiger partial charge in [0.05, 0.1) is 5.69 Å². The Kier molecular flexibility index (Phi) is 4.57. The molecule has 0 amide bonds. The summed E-state index contributed by atoms with van der Waals surface area (Å²) < 4.78 is 5.55. The Balaban J connectivity index is 2.16. The molecule has 2 rings (SSSR count). The maximum atomic E-state index is 5.55. The summed E-state index contributed by atoms with van der Waals surface area (Å²) >= 11 is 0. The highest BCUT2D eigenvalue weighted by molar-refractivity contribution is 5.71. The Labute approximate surface area is 109 Å². The van der Waals surface area contributed by atoms with Crippen LogP contribution in [-0.2, 0) is 6.42 Å². The molecular weight excluding hydrogens is 222 g/mol. The van der Waals surface area contributed by atoms with E-state index in [0.717, 1.165) is 36.4 Å². The Morgan fingerprint density at radius 3 is 2.78 bits per heavy atom. The van der Waals surface area contributed by atoms with E-state index in [1.54, 1.807) is 6.26 Å². The fourth-order valence-electron chi connectivity index (χ4n) is 2.13. The van der Waals surface area contributed by atoms with E-state index in [1.807, 2.05) is 0 Å². The lowest BCUT2D eigenvalue weighted by Gasteiger charge is -1.98. The van der Waals surface area contributed by atoms with Crippen molar-refractivity contribution in [2.45, 2.75) is 46.0 Å². The van der Waals surface area contributed by atoms with E-state index < -0.39 is 0 Å². The van der Waals surface area contributed by atoms with Crippen LogP contribution in [-0.4, -0.2) is 4.98 Å². The monoisotopic (exact) mass is 243 g/mol. The third-order valence-electron chi connectivity index (χ3n) is 3.05. The number of aromatic nitrogens is 1. The molecule has 0 unspecified atom stereocenters. The first kappa shape index (κ1) is 12.9. The van der Waals surface area contributed by atoms with Gasteiger partial charge < -0.3 is 4.42 Å². The number of hydrogen-bond acceptors (Lipinski definition) is 2. The van der Waals surface area contributed by atoms with Gasteiger partial charge in [0.25, 0.3) is 0 Å². The lowest BCUT2D eigenvalue weighted by atomic mass is 10.1. The molecule has 0 N–H and O–H groups in total. The van der Waals surface area contributed by atoms with Crippen LogP contribution in [0.1, 0.15) is 51.1 Å². The lowest BCUT2D eigenvalue weighted by molar-refractivity contribution is 0.542. The van der Waals surface area contributed by atoms with E-state index in [4.69, 9.17) is 4.42 Å². The predicted molar refractivity (Wildman–Crippen MR) is 75.2 cm³/mol. The second-order valence-electron chi connectivity index (χ2n) is 4.70. The van der Waals surface area contributed by atoms with Crippen LogP contribution < -0.4 is 0 Å². The molecule has 0 saturated carbocycles. The van der Waals surface area contributed by atoms with Crippen molar-refractivity contribution in [2.75, 3.05) is 0 Å². The van der Waals surface area contributed by atoms with Crippen molar-refractivity contribution in [3.8, 4) is 0 Å². The van der Waals surface area contributed by atoms with E-state index in [0.29, 0.717) is 0 Å². The molecule has 1 aromatic rings. The summed E-state index contributed by atoms with van der Waals surface area (Å²) in [6.07, 6.45) is 15.9. The minimum atomic E-state index is 0.740. The molecule has 1 aliphatic carbocycles. The molecule has 1 aliphatic rings. The normalized spacial score (nSPS) is 15.2. The zero-order chi connectivity index (χ0) is 12.8. The van der Waals surface area contributed by atoms with E-state index in [2.05, 4.69) is 43.1 Å². The highest BCUT2D eigenvalue weighted by Gasteiger charge is 2.08. The summed E-state index contributed by atoms with van der Waals surface area (Å²) in [5.41, 5.74) is 3.59. The summed E-state index contributed by atoms with van der Waals surface area (Å²) in [5, 5.41) is 0. The van der Waals surface area contributed by atoms with Crippen LogP contribution in [0.2, 0.25) is 0 Å². The van der Waals surface area contributed by atoms with Gasteiger partial charge in [-0.05, 0) is 25.3 Å². The topological polar surface area (TPSA) is 26.0 Å². The molecule has 1 heterocycles. The van der Waals surface area contributed by atoms with Crippen LogP contribution in [0, 0.1) is 0 Å². The van der Waals surface area contributed by atoms with Crippen molar-refractivity contribution in [3.63, 3.8) is 0 Å². The Hall–Kier alpha value is -1.57. The number of nitrogens with zero attached hydrogens (tertiary/aromatic N) is 1. The van der Waals surface area contributed by atoms with Crippen molar-refractivity contribution in [2.24, 2.45) is 0 Å². The molecule has 0 atom stereocenters. The molecule has 1 aromatic heterocycles. The Morgan fingerprint density at radius 1 is 1.17 bits per heavy atom. The van der Waals surface area contributed by atoms with Gasteiger partial charge in [-0.3, -0.25) is 0 Å². The lowest BCUT2D eigenvalue weighted by Crippen LogP contribution is -1.85. The fraction of sp³-hybridized carbons (Fsp3) is 0.438. The Morgan fingerprint density at radius 2 is 2.00 bits per heavy atom. The van der Waals surface area contributed by atoms with Crippen LogP contribution in [0.5, 0.6) is 0 Å². The summed E-state index contributed by atoms with van der Waals surface area (Å²) in [6.45, 7) is 4.37. The Bertz CT molecular complexity index is 477. The van der Waals surface area contributed by atoms with Gasteiger partial charge in [0.15, 0.2) is 0 Å². The third kappa shape index (κ3) is 3.22. The van der Waals surface area contributed by atoms with Crippen LogP contribution in [0.25, 0.3) is 5.57 Å². The highest BCUT2D eigenvalue weighted by atomic mass is 16.3. The van der Waals surface area contributed by atoms with Crippen LogP contribution in [0.3, 0.4) is 0 Å². The minimum absolute atomic E-state index is 0.740. The van der Waals surface area contributed by atoms with Crippen LogP contribution in [0.4, 0.5) is 0 Å². The number of aryl methyl sites for hydroxylation is 1. The average Bonchev–Trinajstić information content (AvgIpc) is 2.70. The molecule has 0 radical (unpaired) electrons. The predicted octanol–water partition coefficient (Wildman–Crippen LogP) is 4.70. The van der Waals surface area contributed by atoms with E-state index in [-0.39, 0.29) is 0 Å². The van der Waals surface area contributed by atoms with Gasteiger partial charge >= 0.3 is 0 Å². The first-order valence-corrected chi connectivity index (χ1v) is 6.84. The maximum absolute atomic E-state index is 5.55.